The fourth-order valence-corrected chi connectivity index (χ4v) is 4.17. The minimum Gasteiger partial charge on any atom is -0.481 e. The van der Waals surface area contributed by atoms with Gasteiger partial charge in [-0.3, -0.25) is 14.7 Å². The van der Waals surface area contributed by atoms with Crippen LogP contribution in [0.2, 0.25) is 0 Å². The number of nitrogens with zero attached hydrogens (tertiary/aromatic N) is 3. The normalized spacial score (nSPS) is 19.1. The number of aromatic amines is 1. The van der Waals surface area contributed by atoms with Crippen molar-refractivity contribution in [3.05, 3.63) is 59.9 Å². The SMILES string of the molecule is Cl.Cl.O=C(O)C[C@@H]1CCN(Cc2cccc(F)c2)C[C@@H]1Cc1nc2ccncc2[nH]1. The van der Waals surface area contributed by atoms with Gasteiger partial charge in [0.2, 0.25) is 0 Å². The molecule has 3 heterocycles. The number of carbonyl (C=O) groups is 1. The number of halogens is 3. The van der Waals surface area contributed by atoms with Gasteiger partial charge in [-0.1, -0.05) is 12.1 Å². The molecule has 0 aliphatic carbocycles. The molecule has 162 valence electrons. The van der Waals surface area contributed by atoms with Crippen molar-refractivity contribution in [3.63, 3.8) is 0 Å². The van der Waals surface area contributed by atoms with Gasteiger partial charge < -0.3 is 10.1 Å². The summed E-state index contributed by atoms with van der Waals surface area (Å²) >= 11 is 0. The second-order valence-electron chi connectivity index (χ2n) is 7.55. The molecular formula is C21H25Cl2FN4O2. The molecular weight excluding hydrogens is 430 g/mol. The van der Waals surface area contributed by atoms with Gasteiger partial charge in [0.1, 0.15) is 11.6 Å². The van der Waals surface area contributed by atoms with Crippen LogP contribution in [0.1, 0.15) is 24.2 Å². The van der Waals surface area contributed by atoms with Crippen LogP contribution in [0.5, 0.6) is 0 Å². The number of fused-ring (bicyclic) bond motifs is 1. The number of H-pyrrole nitrogens is 1. The summed E-state index contributed by atoms with van der Waals surface area (Å²) in [6.07, 6.45) is 5.12. The number of benzene rings is 1. The summed E-state index contributed by atoms with van der Waals surface area (Å²) < 4.78 is 13.5. The van der Waals surface area contributed by atoms with E-state index in [1.165, 1.54) is 6.07 Å². The quantitative estimate of drug-likeness (QED) is 0.585. The molecule has 6 nitrogen and oxygen atoms in total. The van der Waals surface area contributed by atoms with Crippen molar-refractivity contribution in [1.29, 1.82) is 0 Å². The lowest BCUT2D eigenvalue weighted by molar-refractivity contribution is -0.139. The van der Waals surface area contributed by atoms with Crippen molar-refractivity contribution >= 4 is 41.8 Å². The Morgan fingerprint density at radius 2 is 2.10 bits per heavy atom. The van der Waals surface area contributed by atoms with Gasteiger partial charge in [-0.25, -0.2) is 9.37 Å². The first-order chi connectivity index (χ1) is 13.6. The highest BCUT2D eigenvalue weighted by Gasteiger charge is 2.31. The van der Waals surface area contributed by atoms with Crippen molar-refractivity contribution in [3.8, 4) is 0 Å². The molecule has 0 unspecified atom stereocenters. The van der Waals surface area contributed by atoms with E-state index < -0.39 is 5.97 Å². The molecule has 1 aliphatic rings. The zero-order valence-electron chi connectivity index (χ0n) is 16.3. The number of carboxylic acid groups (broad SMARTS) is 1. The highest BCUT2D eigenvalue weighted by molar-refractivity contribution is 5.85. The number of hydrogen-bond acceptors (Lipinski definition) is 4. The Hall–Kier alpha value is -2.22. The highest BCUT2D eigenvalue weighted by Crippen LogP contribution is 2.30. The number of imidazole rings is 1. The van der Waals surface area contributed by atoms with Gasteiger partial charge in [0.25, 0.3) is 0 Å². The molecule has 1 aliphatic heterocycles. The van der Waals surface area contributed by atoms with Crippen LogP contribution in [0, 0.1) is 17.7 Å². The Morgan fingerprint density at radius 3 is 2.83 bits per heavy atom. The first-order valence-electron chi connectivity index (χ1n) is 9.54. The van der Waals surface area contributed by atoms with Gasteiger partial charge in [-0.2, -0.15) is 0 Å². The standard InChI is InChI=1S/C21H23FN4O2.2ClH/c22-17-3-1-2-14(8-17)12-26-7-5-15(10-21(27)28)16(13-26)9-20-24-18-4-6-23-11-19(18)25-20;;/h1-4,6,8,11,15-16H,5,7,9-10,12-13H2,(H,24,25)(H,27,28);2*1H/t15-,16-;;/m0../s1. The van der Waals surface area contributed by atoms with E-state index >= 15 is 0 Å². The number of hydrogen-bond donors (Lipinski definition) is 2. The molecule has 0 radical (unpaired) electrons. The molecule has 0 amide bonds. The molecule has 1 fully saturated rings. The van der Waals surface area contributed by atoms with E-state index in [1.54, 1.807) is 24.5 Å². The molecule has 0 bridgehead atoms. The van der Waals surface area contributed by atoms with Crippen LogP contribution in [0.25, 0.3) is 11.0 Å². The maximum Gasteiger partial charge on any atom is 0.303 e. The van der Waals surface area contributed by atoms with Crippen molar-refractivity contribution in [2.24, 2.45) is 11.8 Å². The van der Waals surface area contributed by atoms with E-state index in [2.05, 4.69) is 19.9 Å². The van der Waals surface area contributed by atoms with Gasteiger partial charge >= 0.3 is 5.97 Å². The molecule has 30 heavy (non-hydrogen) atoms. The number of nitrogens with one attached hydrogen (secondary N) is 1. The lowest BCUT2D eigenvalue weighted by Crippen LogP contribution is -2.41. The second kappa shape index (κ2) is 10.7. The predicted molar refractivity (Wildman–Crippen MR) is 118 cm³/mol. The van der Waals surface area contributed by atoms with E-state index in [-0.39, 0.29) is 48.9 Å². The number of aromatic nitrogens is 3. The van der Waals surface area contributed by atoms with Gasteiger partial charge in [0, 0.05) is 32.1 Å². The lowest BCUT2D eigenvalue weighted by atomic mass is 9.81. The number of carboxylic acids is 1. The molecule has 2 N–H and O–H groups in total. The van der Waals surface area contributed by atoms with Crippen LogP contribution >= 0.6 is 24.8 Å². The Labute approximate surface area is 186 Å². The summed E-state index contributed by atoms with van der Waals surface area (Å²) in [6, 6.07) is 8.52. The Bertz CT molecular complexity index is 951. The Kier molecular flexibility index (Phi) is 8.58. The summed E-state index contributed by atoms with van der Waals surface area (Å²) in [5, 5.41) is 9.31. The zero-order valence-corrected chi connectivity index (χ0v) is 18.0. The van der Waals surface area contributed by atoms with Crippen molar-refractivity contribution in [2.45, 2.75) is 25.8 Å². The average molecular weight is 455 g/mol. The van der Waals surface area contributed by atoms with E-state index in [4.69, 9.17) is 0 Å². The van der Waals surface area contributed by atoms with Gasteiger partial charge in [-0.05, 0) is 48.6 Å². The smallest absolute Gasteiger partial charge is 0.303 e. The van der Waals surface area contributed by atoms with Crippen LogP contribution in [0.15, 0.2) is 42.7 Å². The first-order valence-corrected chi connectivity index (χ1v) is 9.54. The van der Waals surface area contributed by atoms with Crippen molar-refractivity contribution in [1.82, 2.24) is 19.9 Å². The molecule has 3 aromatic rings. The van der Waals surface area contributed by atoms with E-state index in [9.17, 15) is 14.3 Å². The lowest BCUT2D eigenvalue weighted by Gasteiger charge is -2.38. The summed E-state index contributed by atoms with van der Waals surface area (Å²) in [5.74, 6) is 0.142. The molecule has 1 aromatic carbocycles. The van der Waals surface area contributed by atoms with Gasteiger partial charge in [-0.15, -0.1) is 24.8 Å². The average Bonchev–Trinajstić information content (AvgIpc) is 3.06. The molecule has 2 atom stereocenters. The summed E-state index contributed by atoms with van der Waals surface area (Å²) in [7, 11) is 0. The summed E-state index contributed by atoms with van der Waals surface area (Å²) in [6.45, 7) is 2.25. The van der Waals surface area contributed by atoms with Crippen LogP contribution in [0.3, 0.4) is 0 Å². The number of likely N-dealkylation sites (tertiary alicyclic amines) is 1. The van der Waals surface area contributed by atoms with Gasteiger partial charge in [0.15, 0.2) is 0 Å². The molecule has 0 spiro atoms. The Morgan fingerprint density at radius 1 is 1.27 bits per heavy atom. The number of pyridine rings is 1. The summed E-state index contributed by atoms with van der Waals surface area (Å²) in [4.78, 5) is 25.6. The van der Waals surface area contributed by atoms with E-state index in [0.717, 1.165) is 41.9 Å². The molecule has 4 rings (SSSR count). The second-order valence-corrected chi connectivity index (χ2v) is 7.55. The van der Waals surface area contributed by atoms with Crippen LogP contribution in [-0.2, 0) is 17.8 Å². The number of rotatable bonds is 6. The highest BCUT2D eigenvalue weighted by atomic mass is 35.5. The maximum atomic E-state index is 13.5. The van der Waals surface area contributed by atoms with Crippen LogP contribution in [0.4, 0.5) is 4.39 Å². The zero-order chi connectivity index (χ0) is 19.5. The van der Waals surface area contributed by atoms with Crippen LogP contribution < -0.4 is 0 Å². The van der Waals surface area contributed by atoms with Crippen LogP contribution in [-0.4, -0.2) is 44.0 Å². The fourth-order valence-electron chi connectivity index (χ4n) is 4.17. The topological polar surface area (TPSA) is 82.1 Å². The number of piperidine rings is 1. The fraction of sp³-hybridized carbons (Fsp3) is 0.381. The number of aliphatic carboxylic acids is 1. The molecule has 9 heteroatoms. The van der Waals surface area contributed by atoms with Crippen molar-refractivity contribution in [2.75, 3.05) is 13.1 Å². The summed E-state index contributed by atoms with van der Waals surface area (Å²) in [5.41, 5.74) is 2.69. The monoisotopic (exact) mass is 454 g/mol. The predicted octanol–water partition coefficient (Wildman–Crippen LogP) is 4.10. The van der Waals surface area contributed by atoms with Gasteiger partial charge in [0.05, 0.1) is 17.2 Å². The Balaban J connectivity index is 0.00000160. The molecule has 1 saturated heterocycles. The van der Waals surface area contributed by atoms with E-state index in [0.29, 0.717) is 13.0 Å². The molecule has 2 aromatic heterocycles. The third-order valence-corrected chi connectivity index (χ3v) is 5.50. The molecule has 0 saturated carbocycles. The largest absolute Gasteiger partial charge is 0.481 e. The third-order valence-electron chi connectivity index (χ3n) is 5.50. The minimum absolute atomic E-state index is 0. The third kappa shape index (κ3) is 5.90. The van der Waals surface area contributed by atoms with E-state index in [1.807, 2.05) is 12.1 Å². The maximum absolute atomic E-state index is 13.5. The minimum atomic E-state index is -0.762. The first kappa shape index (κ1) is 24.1. The van der Waals surface area contributed by atoms with Crippen molar-refractivity contribution < 1.29 is 14.3 Å².